The lowest BCUT2D eigenvalue weighted by Crippen LogP contribution is -2.51. The topological polar surface area (TPSA) is 45.0 Å². The molecule has 1 aliphatic rings. The first-order valence-corrected chi connectivity index (χ1v) is 6.56. The third-order valence-corrected chi connectivity index (χ3v) is 3.75. The highest BCUT2D eigenvalue weighted by molar-refractivity contribution is 6.30. The van der Waals surface area contributed by atoms with Crippen molar-refractivity contribution in [2.75, 3.05) is 12.4 Å². The number of nitrogens with one attached hydrogen (secondary N) is 1. The summed E-state index contributed by atoms with van der Waals surface area (Å²) in [4.78, 5) is 0. The zero-order valence-electron chi connectivity index (χ0n) is 10.4. The largest absolute Gasteiger partial charge is 0.378 e. The summed E-state index contributed by atoms with van der Waals surface area (Å²) >= 11 is 5.97. The van der Waals surface area contributed by atoms with E-state index in [-0.39, 0.29) is 6.10 Å². The molecule has 4 heteroatoms. The normalized spacial score (nSPS) is 27.5. The van der Waals surface area contributed by atoms with E-state index in [2.05, 4.69) is 11.4 Å². The Balaban J connectivity index is 2.24. The molecule has 0 amide bonds. The van der Waals surface area contributed by atoms with Crippen LogP contribution >= 0.6 is 11.6 Å². The van der Waals surface area contributed by atoms with Gasteiger partial charge in [0.05, 0.1) is 12.2 Å². The number of benzene rings is 1. The van der Waals surface area contributed by atoms with Gasteiger partial charge in [-0.05, 0) is 37.5 Å². The summed E-state index contributed by atoms with van der Waals surface area (Å²) < 4.78 is 5.48. The molecule has 1 aromatic carbocycles. The lowest BCUT2D eigenvalue weighted by atomic mass is 9.80. The Morgan fingerprint density at radius 3 is 3.00 bits per heavy atom. The van der Waals surface area contributed by atoms with E-state index < -0.39 is 5.54 Å². The lowest BCUT2D eigenvalue weighted by Gasteiger charge is -2.39. The van der Waals surface area contributed by atoms with Crippen molar-refractivity contribution in [3.05, 3.63) is 29.3 Å². The second kappa shape index (κ2) is 5.60. The van der Waals surface area contributed by atoms with E-state index in [1.807, 2.05) is 24.3 Å². The molecule has 2 atom stereocenters. The maximum absolute atomic E-state index is 9.55. The van der Waals surface area contributed by atoms with Crippen molar-refractivity contribution in [1.29, 1.82) is 5.26 Å². The van der Waals surface area contributed by atoms with Crippen molar-refractivity contribution in [2.24, 2.45) is 0 Å². The second-order valence-corrected chi connectivity index (χ2v) is 5.13. The van der Waals surface area contributed by atoms with Crippen LogP contribution in [0.5, 0.6) is 0 Å². The van der Waals surface area contributed by atoms with Gasteiger partial charge in [0, 0.05) is 17.8 Å². The number of halogens is 1. The summed E-state index contributed by atoms with van der Waals surface area (Å²) in [7, 11) is 1.67. The van der Waals surface area contributed by atoms with Gasteiger partial charge in [-0.25, -0.2) is 0 Å². The number of anilines is 1. The van der Waals surface area contributed by atoms with Crippen molar-refractivity contribution in [2.45, 2.75) is 37.3 Å². The van der Waals surface area contributed by atoms with Crippen LogP contribution in [0.1, 0.15) is 25.7 Å². The van der Waals surface area contributed by atoms with Gasteiger partial charge in [-0.3, -0.25) is 0 Å². The maximum atomic E-state index is 9.55. The molecule has 18 heavy (non-hydrogen) atoms. The van der Waals surface area contributed by atoms with Crippen LogP contribution in [0.4, 0.5) is 5.69 Å². The summed E-state index contributed by atoms with van der Waals surface area (Å²) in [5, 5.41) is 13.5. The van der Waals surface area contributed by atoms with Gasteiger partial charge in [-0.2, -0.15) is 5.26 Å². The molecule has 0 heterocycles. The highest BCUT2D eigenvalue weighted by atomic mass is 35.5. The summed E-state index contributed by atoms with van der Waals surface area (Å²) in [5.41, 5.74) is 0.227. The lowest BCUT2D eigenvalue weighted by molar-refractivity contribution is 0.0370. The summed E-state index contributed by atoms with van der Waals surface area (Å²) in [5.74, 6) is 0. The summed E-state index contributed by atoms with van der Waals surface area (Å²) in [6.07, 6.45) is 3.79. The molecule has 2 unspecified atom stereocenters. The molecular weight excluding hydrogens is 248 g/mol. The Labute approximate surface area is 113 Å². The molecule has 0 saturated heterocycles. The monoisotopic (exact) mass is 264 g/mol. The van der Waals surface area contributed by atoms with E-state index in [4.69, 9.17) is 16.3 Å². The molecule has 2 rings (SSSR count). The average molecular weight is 265 g/mol. The predicted octanol–water partition coefficient (Wildman–Crippen LogP) is 3.60. The van der Waals surface area contributed by atoms with Gasteiger partial charge < -0.3 is 10.1 Å². The van der Waals surface area contributed by atoms with Crippen LogP contribution < -0.4 is 5.32 Å². The van der Waals surface area contributed by atoms with Crippen LogP contribution in [0.15, 0.2) is 24.3 Å². The van der Waals surface area contributed by atoms with Crippen LogP contribution in [-0.4, -0.2) is 18.8 Å². The number of hydrogen-bond acceptors (Lipinski definition) is 3. The van der Waals surface area contributed by atoms with E-state index in [1.54, 1.807) is 7.11 Å². The molecule has 0 radical (unpaired) electrons. The molecule has 96 valence electrons. The SMILES string of the molecule is COC1CCCCC1(C#N)Nc1cccc(Cl)c1. The standard InChI is InChI=1S/C14H17ClN2O/c1-18-13-7-2-3-8-14(13,10-16)17-12-6-4-5-11(15)9-12/h4-6,9,13,17H,2-3,7-8H2,1H3. The van der Waals surface area contributed by atoms with E-state index in [9.17, 15) is 5.26 Å². The highest BCUT2D eigenvalue weighted by Gasteiger charge is 2.41. The Morgan fingerprint density at radius 1 is 1.50 bits per heavy atom. The fourth-order valence-electron chi connectivity index (χ4n) is 2.58. The molecule has 0 aromatic heterocycles. The number of ether oxygens (including phenoxy) is 1. The third kappa shape index (κ3) is 2.60. The van der Waals surface area contributed by atoms with Gasteiger partial charge in [0.15, 0.2) is 5.54 Å². The van der Waals surface area contributed by atoms with Gasteiger partial charge in [0.2, 0.25) is 0 Å². The molecule has 1 saturated carbocycles. The van der Waals surface area contributed by atoms with Crippen molar-refractivity contribution in [1.82, 2.24) is 0 Å². The van der Waals surface area contributed by atoms with Crippen molar-refractivity contribution in [3.8, 4) is 6.07 Å². The minimum absolute atomic E-state index is 0.0739. The fraction of sp³-hybridized carbons (Fsp3) is 0.500. The van der Waals surface area contributed by atoms with Crippen molar-refractivity contribution in [3.63, 3.8) is 0 Å². The minimum Gasteiger partial charge on any atom is -0.378 e. The third-order valence-electron chi connectivity index (χ3n) is 3.51. The van der Waals surface area contributed by atoms with E-state index in [0.29, 0.717) is 5.02 Å². The van der Waals surface area contributed by atoms with Gasteiger partial charge >= 0.3 is 0 Å². The van der Waals surface area contributed by atoms with Gasteiger partial charge in [0.1, 0.15) is 0 Å². The van der Waals surface area contributed by atoms with Crippen LogP contribution in [-0.2, 0) is 4.74 Å². The van der Waals surface area contributed by atoms with Gasteiger partial charge in [-0.1, -0.05) is 24.1 Å². The van der Waals surface area contributed by atoms with Crippen LogP contribution in [0.25, 0.3) is 0 Å². The number of rotatable bonds is 3. The quantitative estimate of drug-likeness (QED) is 0.907. The molecule has 1 N–H and O–H groups in total. The van der Waals surface area contributed by atoms with Gasteiger partial charge in [0.25, 0.3) is 0 Å². The number of methoxy groups -OCH3 is 1. The molecular formula is C14H17ClN2O. The number of nitriles is 1. The highest BCUT2D eigenvalue weighted by Crippen LogP contribution is 2.33. The zero-order chi connectivity index (χ0) is 13.0. The molecule has 0 bridgehead atoms. The molecule has 1 aliphatic carbocycles. The number of nitrogens with zero attached hydrogens (tertiary/aromatic N) is 1. The maximum Gasteiger partial charge on any atom is 0.151 e. The molecule has 1 aromatic rings. The summed E-state index contributed by atoms with van der Waals surface area (Å²) in [6.45, 7) is 0. The first-order chi connectivity index (χ1) is 8.70. The van der Waals surface area contributed by atoms with Crippen molar-refractivity contribution < 1.29 is 4.74 Å². The predicted molar refractivity (Wildman–Crippen MR) is 72.7 cm³/mol. The second-order valence-electron chi connectivity index (χ2n) is 4.69. The van der Waals surface area contributed by atoms with Gasteiger partial charge in [-0.15, -0.1) is 0 Å². The first kappa shape index (κ1) is 13.2. The summed E-state index contributed by atoms with van der Waals surface area (Å²) in [6, 6.07) is 9.86. The first-order valence-electron chi connectivity index (χ1n) is 6.18. The smallest absolute Gasteiger partial charge is 0.151 e. The molecule has 3 nitrogen and oxygen atoms in total. The molecule has 0 spiro atoms. The Hall–Kier alpha value is -1.24. The average Bonchev–Trinajstić information content (AvgIpc) is 2.39. The molecule has 0 aliphatic heterocycles. The Kier molecular flexibility index (Phi) is 4.11. The van der Waals surface area contributed by atoms with E-state index >= 15 is 0 Å². The Bertz CT molecular complexity index is 457. The van der Waals surface area contributed by atoms with Crippen LogP contribution in [0.2, 0.25) is 5.02 Å². The van der Waals surface area contributed by atoms with Crippen LogP contribution in [0.3, 0.4) is 0 Å². The van der Waals surface area contributed by atoms with Crippen LogP contribution in [0, 0.1) is 11.3 Å². The minimum atomic E-state index is -0.641. The number of hydrogen-bond donors (Lipinski definition) is 1. The Morgan fingerprint density at radius 2 is 2.33 bits per heavy atom. The molecule has 1 fully saturated rings. The van der Waals surface area contributed by atoms with E-state index in [0.717, 1.165) is 31.4 Å². The van der Waals surface area contributed by atoms with Crippen molar-refractivity contribution >= 4 is 17.3 Å². The zero-order valence-corrected chi connectivity index (χ0v) is 11.2. The fourth-order valence-corrected chi connectivity index (χ4v) is 2.77. The van der Waals surface area contributed by atoms with E-state index in [1.165, 1.54) is 0 Å².